The zero-order valence-electron chi connectivity index (χ0n) is 31.5. The number of H-pyrrole nitrogens is 1. The first-order valence-corrected chi connectivity index (χ1v) is 19.7. The molecule has 292 valence electrons. The van der Waals surface area contributed by atoms with Gasteiger partial charge in [0, 0.05) is 54.7 Å². The minimum Gasteiger partial charge on any atom is -0.480 e. The molecular formula is C42H55N3O9. The highest BCUT2D eigenvalue weighted by Crippen LogP contribution is 2.67. The van der Waals surface area contributed by atoms with Gasteiger partial charge in [-0.25, -0.2) is 4.79 Å². The number of unbranched alkanes of at least 4 members (excludes halogenated alkanes) is 2. The molecule has 1 heterocycles. The number of fused-ring (bicyclic) bond motifs is 6. The van der Waals surface area contributed by atoms with Gasteiger partial charge in [-0.2, -0.15) is 0 Å². The number of carboxylic acid groups (broad SMARTS) is 1. The second kappa shape index (κ2) is 16.2. The van der Waals surface area contributed by atoms with Gasteiger partial charge < -0.3 is 30.6 Å². The Labute approximate surface area is 316 Å². The van der Waals surface area contributed by atoms with Crippen LogP contribution in [0.15, 0.2) is 42.1 Å². The van der Waals surface area contributed by atoms with Crippen molar-refractivity contribution in [2.75, 3.05) is 13.2 Å². The molecule has 1 aromatic carbocycles. The van der Waals surface area contributed by atoms with E-state index in [1.807, 2.05) is 37.3 Å². The van der Waals surface area contributed by atoms with Crippen molar-refractivity contribution < 1.29 is 43.7 Å². The number of carbonyl (C=O) groups is 6. The van der Waals surface area contributed by atoms with Crippen molar-refractivity contribution in [1.82, 2.24) is 15.6 Å². The number of nitrogens with one attached hydrogen (secondary N) is 3. The van der Waals surface area contributed by atoms with Crippen molar-refractivity contribution in [2.24, 2.45) is 28.6 Å². The summed E-state index contributed by atoms with van der Waals surface area (Å²) in [5.41, 5.74) is 0.808. The predicted octanol–water partition coefficient (Wildman–Crippen LogP) is 5.11. The number of carbonyl (C=O) groups excluding carboxylic acids is 5. The number of Topliss-reactive ketones (excluding diaryl/α,β-unsaturated/α-hetero) is 1. The Morgan fingerprint density at radius 3 is 2.50 bits per heavy atom. The van der Waals surface area contributed by atoms with Crippen molar-refractivity contribution in [3.8, 4) is 0 Å². The Morgan fingerprint density at radius 2 is 1.70 bits per heavy atom. The summed E-state index contributed by atoms with van der Waals surface area (Å²) >= 11 is 0. The highest BCUT2D eigenvalue weighted by atomic mass is 16.5. The van der Waals surface area contributed by atoms with Crippen LogP contribution < -0.4 is 10.6 Å². The fourth-order valence-electron chi connectivity index (χ4n) is 10.5. The molecule has 3 unspecified atom stereocenters. The van der Waals surface area contributed by atoms with Gasteiger partial charge in [-0.15, -0.1) is 0 Å². The van der Waals surface area contributed by atoms with Crippen molar-refractivity contribution >= 4 is 46.2 Å². The number of aromatic amines is 1. The number of carboxylic acids is 1. The van der Waals surface area contributed by atoms with Crippen molar-refractivity contribution in [2.45, 2.75) is 122 Å². The summed E-state index contributed by atoms with van der Waals surface area (Å²) < 4.78 is 5.29. The number of esters is 1. The van der Waals surface area contributed by atoms with Crippen LogP contribution in [0.4, 0.5) is 0 Å². The van der Waals surface area contributed by atoms with E-state index in [2.05, 4.69) is 22.5 Å². The third-order valence-corrected chi connectivity index (χ3v) is 13.6. The van der Waals surface area contributed by atoms with Crippen LogP contribution in [-0.4, -0.2) is 75.3 Å². The minimum absolute atomic E-state index is 0.00202. The van der Waals surface area contributed by atoms with Crippen molar-refractivity contribution in [3.05, 3.63) is 47.7 Å². The Kier molecular flexibility index (Phi) is 11.8. The fraction of sp³-hybridized carbons (Fsp3) is 0.619. The van der Waals surface area contributed by atoms with Crippen LogP contribution in [0.1, 0.15) is 109 Å². The number of ether oxygens (including phenoxy) is 1. The molecule has 54 heavy (non-hydrogen) atoms. The molecule has 12 heteroatoms. The van der Waals surface area contributed by atoms with Gasteiger partial charge >= 0.3 is 11.9 Å². The number of benzene rings is 1. The Morgan fingerprint density at radius 1 is 0.926 bits per heavy atom. The number of allylic oxidation sites excluding steroid dienone is 1. The van der Waals surface area contributed by atoms with Crippen LogP contribution >= 0.6 is 0 Å². The van der Waals surface area contributed by atoms with E-state index in [0.717, 1.165) is 48.6 Å². The van der Waals surface area contributed by atoms with E-state index in [9.17, 15) is 39.0 Å². The van der Waals surface area contributed by atoms with Gasteiger partial charge in [0.2, 0.25) is 17.6 Å². The average molecular weight is 746 g/mol. The van der Waals surface area contributed by atoms with E-state index in [1.54, 1.807) is 6.20 Å². The van der Waals surface area contributed by atoms with Crippen molar-refractivity contribution in [1.29, 1.82) is 0 Å². The summed E-state index contributed by atoms with van der Waals surface area (Å²) in [6.07, 6.45) is 11.4. The Hall–Kier alpha value is -4.32. The first-order chi connectivity index (χ1) is 25.7. The quantitative estimate of drug-likeness (QED) is 0.115. The number of hydrogen-bond acceptors (Lipinski definition) is 8. The summed E-state index contributed by atoms with van der Waals surface area (Å²) in [6, 6.07) is 6.53. The second-order valence-electron chi connectivity index (χ2n) is 16.6. The van der Waals surface area contributed by atoms with E-state index in [-0.39, 0.29) is 54.6 Å². The molecule has 1 aromatic heterocycles. The summed E-state index contributed by atoms with van der Waals surface area (Å²) in [6.45, 7) is 4.16. The van der Waals surface area contributed by atoms with Crippen LogP contribution in [0.3, 0.4) is 0 Å². The second-order valence-corrected chi connectivity index (χ2v) is 16.6. The molecule has 2 aromatic rings. The lowest BCUT2D eigenvalue weighted by Crippen LogP contribution is -2.58. The first kappa shape index (κ1) is 39.4. The van der Waals surface area contributed by atoms with Gasteiger partial charge in [0.15, 0.2) is 12.4 Å². The lowest BCUT2D eigenvalue weighted by Gasteiger charge is -2.58. The molecule has 0 bridgehead atoms. The molecule has 0 aliphatic heterocycles. The van der Waals surface area contributed by atoms with Crippen LogP contribution in [0.25, 0.3) is 10.9 Å². The van der Waals surface area contributed by atoms with E-state index in [4.69, 9.17) is 4.74 Å². The zero-order chi connectivity index (χ0) is 38.7. The van der Waals surface area contributed by atoms with Gasteiger partial charge in [-0.05, 0) is 98.7 Å². The molecule has 2 amide bonds. The van der Waals surface area contributed by atoms with Gasteiger partial charge in [0.25, 0.3) is 0 Å². The minimum atomic E-state index is -1.57. The monoisotopic (exact) mass is 745 g/mol. The number of para-hydroxylation sites is 1. The maximum absolute atomic E-state index is 13.5. The highest BCUT2D eigenvalue weighted by Gasteiger charge is 2.66. The molecule has 4 aliphatic carbocycles. The first-order valence-electron chi connectivity index (χ1n) is 19.7. The van der Waals surface area contributed by atoms with Crippen LogP contribution in [0, 0.1) is 28.6 Å². The number of hydrogen-bond donors (Lipinski definition) is 5. The summed E-state index contributed by atoms with van der Waals surface area (Å²) in [5.74, 6) is -1.73. The lowest BCUT2D eigenvalue weighted by molar-refractivity contribution is -0.170. The predicted molar refractivity (Wildman–Crippen MR) is 200 cm³/mol. The SMILES string of the molecule is C[C@]12CCC(=O)C=C1CC[C@@H]1C2CC[C@@]2(C)C1CC[C@]2(O)C(=O)COC(=O)CCC(=O)NCCCCCC(=O)NC(Cc1c[nH]c2ccccc12)C(=O)O. The smallest absolute Gasteiger partial charge is 0.326 e. The summed E-state index contributed by atoms with van der Waals surface area (Å²) in [7, 11) is 0. The highest BCUT2D eigenvalue weighted by molar-refractivity contribution is 5.92. The van der Waals surface area contributed by atoms with E-state index >= 15 is 0 Å². The fourth-order valence-corrected chi connectivity index (χ4v) is 10.5. The molecular weight excluding hydrogens is 690 g/mol. The summed E-state index contributed by atoms with van der Waals surface area (Å²) in [4.78, 5) is 78.0. The largest absolute Gasteiger partial charge is 0.480 e. The molecule has 0 radical (unpaired) electrons. The maximum Gasteiger partial charge on any atom is 0.326 e. The van der Waals surface area contributed by atoms with Crippen LogP contribution in [0.5, 0.6) is 0 Å². The van der Waals surface area contributed by atoms with E-state index < -0.39 is 41.4 Å². The average Bonchev–Trinajstić information content (AvgIpc) is 3.68. The number of aliphatic hydroxyl groups is 1. The molecule has 0 spiro atoms. The van der Waals surface area contributed by atoms with E-state index in [0.29, 0.717) is 56.9 Å². The molecule has 0 saturated heterocycles. The third kappa shape index (κ3) is 7.90. The molecule has 6 rings (SSSR count). The van der Waals surface area contributed by atoms with Gasteiger partial charge in [0.05, 0.1) is 6.42 Å². The standard InChI is InChI=1S/C42H55N3O9/c1-40-18-15-28(46)23-27(40)11-12-30-31(40)16-19-41(2)32(30)17-20-42(41,53)35(47)25-54-38(50)14-13-36(48)43-21-7-3-4-10-37(49)45-34(39(51)52)22-26-24-44-33-9-6-5-8-29(26)33/h5-6,8-9,23-24,30-32,34,44,53H,3-4,7,10-22,25H2,1-2H3,(H,43,48)(H,45,49)(H,51,52)/t30-,31?,32?,34?,40+,41+,42+/m1/s1. The van der Waals surface area contributed by atoms with Gasteiger partial charge in [0.1, 0.15) is 11.6 Å². The van der Waals surface area contributed by atoms with Gasteiger partial charge in [-0.1, -0.05) is 44.0 Å². The molecule has 3 fully saturated rings. The number of aliphatic carboxylic acids is 1. The van der Waals surface area contributed by atoms with Crippen molar-refractivity contribution in [3.63, 3.8) is 0 Å². The van der Waals surface area contributed by atoms with Crippen LogP contribution in [-0.2, 0) is 39.9 Å². The number of rotatable bonds is 16. The normalized spacial score (nSPS) is 29.3. The van der Waals surface area contributed by atoms with Crippen LogP contribution in [0.2, 0.25) is 0 Å². The number of aromatic nitrogens is 1. The third-order valence-electron chi connectivity index (χ3n) is 13.6. The Balaban J connectivity index is 0.858. The van der Waals surface area contributed by atoms with E-state index in [1.165, 1.54) is 5.57 Å². The molecule has 7 atom stereocenters. The molecule has 12 nitrogen and oxygen atoms in total. The summed E-state index contributed by atoms with van der Waals surface area (Å²) in [5, 5.41) is 27.8. The number of ketones is 2. The molecule has 4 aliphatic rings. The molecule has 3 saturated carbocycles. The Bertz CT molecular complexity index is 1820. The topological polar surface area (TPSA) is 192 Å². The maximum atomic E-state index is 13.5. The number of amides is 2. The van der Waals surface area contributed by atoms with Gasteiger partial charge in [-0.3, -0.25) is 24.0 Å². The zero-order valence-corrected chi connectivity index (χ0v) is 31.5. The lowest BCUT2D eigenvalue weighted by atomic mass is 9.46. The molecule has 5 N–H and O–H groups in total.